The quantitative estimate of drug-likeness (QED) is 0.779. The van der Waals surface area contributed by atoms with Gasteiger partial charge in [0.05, 0.1) is 11.5 Å². The minimum atomic E-state index is -2.73. The maximum Gasteiger partial charge on any atom is 0.150 e. The lowest BCUT2D eigenvalue weighted by Gasteiger charge is -2.19. The highest BCUT2D eigenvalue weighted by Crippen LogP contribution is 2.19. The Kier molecular flexibility index (Phi) is 4.15. The van der Waals surface area contributed by atoms with Crippen molar-refractivity contribution in [3.8, 4) is 0 Å². The molecule has 0 bridgehead atoms. The number of halogens is 1. The SMILES string of the molecule is C=C(Br)CN(C)C[C@H]1CCS(=O)(=O)C1. The van der Waals surface area contributed by atoms with Gasteiger partial charge in [0, 0.05) is 17.6 Å². The molecule has 3 nitrogen and oxygen atoms in total. The highest BCUT2D eigenvalue weighted by Gasteiger charge is 2.28. The Morgan fingerprint density at radius 3 is 2.71 bits per heavy atom. The summed E-state index contributed by atoms with van der Waals surface area (Å²) < 4.78 is 23.3. The van der Waals surface area contributed by atoms with Gasteiger partial charge in [0.1, 0.15) is 0 Å². The number of rotatable bonds is 4. The average molecular weight is 282 g/mol. The van der Waals surface area contributed by atoms with Gasteiger partial charge < -0.3 is 4.90 Å². The zero-order valence-corrected chi connectivity index (χ0v) is 10.8. The molecule has 1 fully saturated rings. The van der Waals surface area contributed by atoms with Crippen LogP contribution in [-0.2, 0) is 9.84 Å². The molecule has 0 aromatic rings. The molecule has 0 amide bonds. The maximum absolute atomic E-state index is 11.2. The van der Waals surface area contributed by atoms with Crippen molar-refractivity contribution in [3.63, 3.8) is 0 Å². The van der Waals surface area contributed by atoms with Crippen molar-refractivity contribution in [1.82, 2.24) is 4.90 Å². The molecule has 5 heteroatoms. The predicted octanol–water partition coefficient (Wildman–Crippen LogP) is 1.26. The molecule has 0 N–H and O–H groups in total. The molecular formula is C9H16BrNO2S. The Morgan fingerprint density at radius 2 is 2.29 bits per heavy atom. The summed E-state index contributed by atoms with van der Waals surface area (Å²) >= 11 is 3.29. The van der Waals surface area contributed by atoms with Crippen molar-refractivity contribution in [1.29, 1.82) is 0 Å². The second kappa shape index (κ2) is 4.77. The first kappa shape index (κ1) is 12.2. The third-order valence-corrected chi connectivity index (χ3v) is 4.43. The van der Waals surface area contributed by atoms with Crippen LogP contribution < -0.4 is 0 Å². The number of hydrogen-bond acceptors (Lipinski definition) is 3. The van der Waals surface area contributed by atoms with E-state index in [1.807, 2.05) is 7.05 Å². The predicted molar refractivity (Wildman–Crippen MR) is 62.3 cm³/mol. The second-order valence-electron chi connectivity index (χ2n) is 3.98. The molecule has 1 atom stereocenters. The van der Waals surface area contributed by atoms with E-state index < -0.39 is 9.84 Å². The lowest BCUT2D eigenvalue weighted by atomic mass is 10.1. The first-order chi connectivity index (χ1) is 6.39. The Balaban J connectivity index is 2.36. The molecular weight excluding hydrogens is 266 g/mol. The second-order valence-corrected chi connectivity index (χ2v) is 7.33. The fraction of sp³-hybridized carbons (Fsp3) is 0.778. The monoisotopic (exact) mass is 281 g/mol. The Hall–Kier alpha value is 0.130. The summed E-state index contributed by atoms with van der Waals surface area (Å²) in [5.74, 6) is 1.02. The van der Waals surface area contributed by atoms with Crippen LogP contribution in [-0.4, -0.2) is 45.0 Å². The first-order valence-corrected chi connectivity index (χ1v) is 7.23. The van der Waals surface area contributed by atoms with Gasteiger partial charge in [-0.3, -0.25) is 0 Å². The van der Waals surface area contributed by atoms with E-state index in [2.05, 4.69) is 27.4 Å². The van der Waals surface area contributed by atoms with Crippen molar-refractivity contribution >= 4 is 25.8 Å². The number of nitrogens with zero attached hydrogens (tertiary/aromatic N) is 1. The van der Waals surface area contributed by atoms with Gasteiger partial charge in [-0.25, -0.2) is 8.42 Å². The van der Waals surface area contributed by atoms with E-state index in [1.165, 1.54) is 0 Å². The van der Waals surface area contributed by atoms with Gasteiger partial charge in [0.25, 0.3) is 0 Å². The summed E-state index contributed by atoms with van der Waals surface area (Å²) in [5.41, 5.74) is 0. The highest BCUT2D eigenvalue weighted by atomic mass is 79.9. The minimum Gasteiger partial charge on any atom is -0.301 e. The molecule has 1 aliphatic heterocycles. The standard InChI is InChI=1S/C9H16BrNO2S/c1-8(10)5-11(2)6-9-3-4-14(12,13)7-9/h9H,1,3-7H2,2H3/t9-/m1/s1. The van der Waals surface area contributed by atoms with Gasteiger partial charge in [-0.15, -0.1) is 0 Å². The smallest absolute Gasteiger partial charge is 0.150 e. The summed E-state index contributed by atoms with van der Waals surface area (Å²) in [6.07, 6.45) is 0.807. The molecule has 1 heterocycles. The van der Waals surface area contributed by atoms with Crippen LogP contribution in [0, 0.1) is 5.92 Å². The molecule has 0 spiro atoms. The lowest BCUT2D eigenvalue weighted by molar-refractivity contribution is 0.314. The van der Waals surface area contributed by atoms with Gasteiger partial charge >= 0.3 is 0 Å². The highest BCUT2D eigenvalue weighted by molar-refractivity contribution is 9.11. The lowest BCUT2D eigenvalue weighted by Crippen LogP contribution is -2.27. The zero-order chi connectivity index (χ0) is 10.8. The molecule has 82 valence electrons. The minimum absolute atomic E-state index is 0.303. The van der Waals surface area contributed by atoms with Crippen LogP contribution in [0.1, 0.15) is 6.42 Å². The van der Waals surface area contributed by atoms with E-state index in [4.69, 9.17) is 0 Å². The molecule has 0 aromatic heterocycles. The maximum atomic E-state index is 11.2. The van der Waals surface area contributed by atoms with Crippen LogP contribution in [0.25, 0.3) is 0 Å². The largest absolute Gasteiger partial charge is 0.301 e. The van der Waals surface area contributed by atoms with Gasteiger partial charge in [-0.05, 0) is 19.4 Å². The molecule has 1 rings (SSSR count). The van der Waals surface area contributed by atoms with Gasteiger partial charge in [0.15, 0.2) is 9.84 Å². The van der Waals surface area contributed by atoms with Crippen molar-refractivity contribution in [2.75, 3.05) is 31.6 Å². The fourth-order valence-electron chi connectivity index (χ4n) is 1.81. The zero-order valence-electron chi connectivity index (χ0n) is 8.37. The van der Waals surface area contributed by atoms with Crippen molar-refractivity contribution in [3.05, 3.63) is 11.1 Å². The molecule has 0 aromatic carbocycles. The summed E-state index contributed by atoms with van der Waals surface area (Å²) in [6, 6.07) is 0. The number of hydrogen-bond donors (Lipinski definition) is 0. The van der Waals surface area contributed by atoms with Crippen LogP contribution >= 0.6 is 15.9 Å². The first-order valence-electron chi connectivity index (χ1n) is 4.61. The molecule has 1 saturated heterocycles. The van der Waals surface area contributed by atoms with E-state index in [0.717, 1.165) is 24.0 Å². The Morgan fingerprint density at radius 1 is 1.64 bits per heavy atom. The Labute approximate surface area is 94.2 Å². The van der Waals surface area contributed by atoms with E-state index in [0.29, 0.717) is 17.4 Å². The summed E-state index contributed by atoms with van der Waals surface area (Å²) in [6.45, 7) is 5.37. The van der Waals surface area contributed by atoms with Crippen molar-refractivity contribution in [2.24, 2.45) is 5.92 Å². The van der Waals surface area contributed by atoms with E-state index in [-0.39, 0.29) is 0 Å². The summed E-state index contributed by atoms with van der Waals surface area (Å²) in [5, 5.41) is 0. The molecule has 0 radical (unpaired) electrons. The molecule has 0 unspecified atom stereocenters. The van der Waals surface area contributed by atoms with Crippen LogP contribution in [0.5, 0.6) is 0 Å². The summed E-state index contributed by atoms with van der Waals surface area (Å²) in [4.78, 5) is 2.10. The third-order valence-electron chi connectivity index (χ3n) is 2.34. The Bertz CT molecular complexity index is 313. The van der Waals surface area contributed by atoms with E-state index >= 15 is 0 Å². The molecule has 1 aliphatic rings. The van der Waals surface area contributed by atoms with Crippen LogP contribution in [0.2, 0.25) is 0 Å². The third kappa shape index (κ3) is 4.11. The molecule has 14 heavy (non-hydrogen) atoms. The molecule has 0 saturated carbocycles. The fourth-order valence-corrected chi connectivity index (χ4v) is 4.09. The van der Waals surface area contributed by atoms with Crippen molar-refractivity contribution < 1.29 is 8.42 Å². The van der Waals surface area contributed by atoms with E-state index in [1.54, 1.807) is 0 Å². The van der Waals surface area contributed by atoms with Gasteiger partial charge in [-0.2, -0.15) is 0 Å². The van der Waals surface area contributed by atoms with Crippen LogP contribution in [0.15, 0.2) is 11.1 Å². The topological polar surface area (TPSA) is 37.4 Å². The van der Waals surface area contributed by atoms with Crippen LogP contribution in [0.4, 0.5) is 0 Å². The summed E-state index contributed by atoms with van der Waals surface area (Å²) in [7, 11) is -0.747. The van der Waals surface area contributed by atoms with Crippen molar-refractivity contribution in [2.45, 2.75) is 6.42 Å². The number of sulfone groups is 1. The van der Waals surface area contributed by atoms with Gasteiger partial charge in [0.2, 0.25) is 0 Å². The number of likely N-dealkylation sites (N-methyl/N-ethyl adjacent to an activating group) is 1. The van der Waals surface area contributed by atoms with E-state index in [9.17, 15) is 8.42 Å². The van der Waals surface area contributed by atoms with Gasteiger partial charge in [-0.1, -0.05) is 22.5 Å². The average Bonchev–Trinajstić information content (AvgIpc) is 2.27. The normalized spacial score (nSPS) is 25.5. The molecule has 0 aliphatic carbocycles. The van der Waals surface area contributed by atoms with Crippen LogP contribution in [0.3, 0.4) is 0 Å².